The third-order valence-corrected chi connectivity index (χ3v) is 3.59. The highest BCUT2D eigenvalue weighted by Crippen LogP contribution is 2.22. The Morgan fingerprint density at radius 1 is 1.39 bits per heavy atom. The van der Waals surface area contributed by atoms with Crippen molar-refractivity contribution in [2.24, 2.45) is 12.8 Å². The van der Waals surface area contributed by atoms with Gasteiger partial charge in [0, 0.05) is 18.8 Å². The van der Waals surface area contributed by atoms with Crippen LogP contribution in [0, 0.1) is 11.6 Å². The number of hydrogen-bond acceptors (Lipinski definition) is 4. The maximum atomic E-state index is 13.1. The van der Waals surface area contributed by atoms with E-state index in [0.717, 1.165) is 17.3 Å². The Labute approximate surface area is 107 Å². The van der Waals surface area contributed by atoms with Crippen molar-refractivity contribution in [3.63, 3.8) is 0 Å². The van der Waals surface area contributed by atoms with E-state index in [-0.39, 0.29) is 6.04 Å². The molecule has 0 aliphatic heterocycles. The van der Waals surface area contributed by atoms with Crippen LogP contribution in [0.25, 0.3) is 0 Å². The first-order valence-corrected chi connectivity index (χ1v) is 6.24. The molecule has 1 atom stereocenters. The Morgan fingerprint density at radius 3 is 2.78 bits per heavy atom. The molecule has 0 bridgehead atoms. The molecule has 2 aromatic rings. The highest BCUT2D eigenvalue weighted by Gasteiger charge is 2.11. The minimum absolute atomic E-state index is 0.387. The first-order chi connectivity index (χ1) is 8.58. The zero-order valence-corrected chi connectivity index (χ0v) is 10.5. The molecule has 0 saturated heterocycles. The Morgan fingerprint density at radius 2 is 2.17 bits per heavy atom. The van der Waals surface area contributed by atoms with Crippen LogP contribution in [0.2, 0.25) is 0 Å². The minimum atomic E-state index is -0.883. The van der Waals surface area contributed by atoms with Gasteiger partial charge in [-0.3, -0.25) is 0 Å². The van der Waals surface area contributed by atoms with Gasteiger partial charge in [0.15, 0.2) is 16.8 Å². The van der Waals surface area contributed by atoms with E-state index >= 15 is 0 Å². The molecule has 96 valence electrons. The van der Waals surface area contributed by atoms with Crippen LogP contribution in [-0.2, 0) is 7.05 Å². The number of nitrogens with zero attached hydrogens (tertiary/aromatic N) is 3. The SMILES string of the molecule is Cn1ncnc1SCC(N)c1ccc(F)c(F)c1. The smallest absolute Gasteiger partial charge is 0.185 e. The molecule has 0 aliphatic carbocycles. The summed E-state index contributed by atoms with van der Waals surface area (Å²) in [5.41, 5.74) is 6.47. The van der Waals surface area contributed by atoms with Crippen LogP contribution < -0.4 is 5.73 Å². The number of halogens is 2. The Kier molecular flexibility index (Phi) is 3.93. The molecule has 1 aromatic carbocycles. The van der Waals surface area contributed by atoms with Gasteiger partial charge in [-0.1, -0.05) is 17.8 Å². The van der Waals surface area contributed by atoms with Crippen molar-refractivity contribution in [1.29, 1.82) is 0 Å². The molecule has 0 amide bonds. The zero-order chi connectivity index (χ0) is 13.1. The van der Waals surface area contributed by atoms with E-state index in [4.69, 9.17) is 5.73 Å². The highest BCUT2D eigenvalue weighted by molar-refractivity contribution is 7.99. The number of aryl methyl sites for hydroxylation is 1. The van der Waals surface area contributed by atoms with Crippen molar-refractivity contribution in [2.75, 3.05) is 5.75 Å². The summed E-state index contributed by atoms with van der Waals surface area (Å²) in [6, 6.07) is 3.30. The Hall–Kier alpha value is -1.47. The number of benzene rings is 1. The first kappa shape index (κ1) is 13.0. The molecule has 0 radical (unpaired) electrons. The van der Waals surface area contributed by atoms with Crippen molar-refractivity contribution in [1.82, 2.24) is 14.8 Å². The normalized spacial score (nSPS) is 12.7. The minimum Gasteiger partial charge on any atom is -0.323 e. The van der Waals surface area contributed by atoms with Crippen molar-refractivity contribution in [3.05, 3.63) is 41.7 Å². The average Bonchev–Trinajstić information content (AvgIpc) is 2.75. The van der Waals surface area contributed by atoms with E-state index in [1.54, 1.807) is 11.7 Å². The topological polar surface area (TPSA) is 56.7 Å². The van der Waals surface area contributed by atoms with Crippen LogP contribution in [0.4, 0.5) is 8.78 Å². The first-order valence-electron chi connectivity index (χ1n) is 5.25. The van der Waals surface area contributed by atoms with E-state index in [9.17, 15) is 8.78 Å². The largest absolute Gasteiger partial charge is 0.323 e. The lowest BCUT2D eigenvalue weighted by Crippen LogP contribution is -2.14. The number of aromatic nitrogens is 3. The van der Waals surface area contributed by atoms with E-state index < -0.39 is 11.6 Å². The second-order valence-corrected chi connectivity index (χ2v) is 4.74. The summed E-state index contributed by atoms with van der Waals surface area (Å²) in [5.74, 6) is -1.24. The molecule has 4 nitrogen and oxygen atoms in total. The maximum absolute atomic E-state index is 13.1. The second kappa shape index (κ2) is 5.45. The highest BCUT2D eigenvalue weighted by atomic mass is 32.2. The van der Waals surface area contributed by atoms with Crippen LogP contribution in [0.3, 0.4) is 0 Å². The standard InChI is InChI=1S/C11H12F2N4S/c1-17-11(15-6-16-17)18-5-10(14)7-2-3-8(12)9(13)4-7/h2-4,6,10H,5,14H2,1H3. The molecule has 1 aromatic heterocycles. The van der Waals surface area contributed by atoms with Crippen LogP contribution >= 0.6 is 11.8 Å². The number of thioether (sulfide) groups is 1. The molecule has 0 saturated carbocycles. The van der Waals surface area contributed by atoms with Crippen LogP contribution in [0.5, 0.6) is 0 Å². The Bertz CT molecular complexity index is 544. The summed E-state index contributed by atoms with van der Waals surface area (Å²) in [4.78, 5) is 4.04. The molecule has 0 spiro atoms. The molecular weight excluding hydrogens is 258 g/mol. The fraction of sp³-hybridized carbons (Fsp3) is 0.273. The monoisotopic (exact) mass is 270 g/mol. The third-order valence-electron chi connectivity index (χ3n) is 2.43. The quantitative estimate of drug-likeness (QED) is 0.862. The Balaban J connectivity index is 2.01. The fourth-order valence-corrected chi connectivity index (χ4v) is 2.30. The lowest BCUT2D eigenvalue weighted by molar-refractivity contribution is 0.506. The van der Waals surface area contributed by atoms with E-state index in [2.05, 4.69) is 10.1 Å². The van der Waals surface area contributed by atoms with Crippen molar-refractivity contribution >= 4 is 11.8 Å². The van der Waals surface area contributed by atoms with Gasteiger partial charge in [0.2, 0.25) is 0 Å². The van der Waals surface area contributed by atoms with Crippen molar-refractivity contribution < 1.29 is 8.78 Å². The predicted molar refractivity (Wildman–Crippen MR) is 65.0 cm³/mol. The summed E-state index contributed by atoms with van der Waals surface area (Å²) >= 11 is 1.41. The second-order valence-electron chi connectivity index (χ2n) is 3.76. The van der Waals surface area contributed by atoms with Gasteiger partial charge in [-0.2, -0.15) is 5.10 Å². The lowest BCUT2D eigenvalue weighted by Gasteiger charge is -2.11. The van der Waals surface area contributed by atoms with Gasteiger partial charge < -0.3 is 5.73 Å². The average molecular weight is 270 g/mol. The number of rotatable bonds is 4. The van der Waals surface area contributed by atoms with Gasteiger partial charge in [-0.15, -0.1) is 0 Å². The van der Waals surface area contributed by atoms with Gasteiger partial charge >= 0.3 is 0 Å². The van der Waals surface area contributed by atoms with Gasteiger partial charge in [-0.05, 0) is 17.7 Å². The van der Waals surface area contributed by atoms with Gasteiger partial charge in [-0.25, -0.2) is 18.4 Å². The molecule has 18 heavy (non-hydrogen) atoms. The summed E-state index contributed by atoms with van der Waals surface area (Å²) in [6.07, 6.45) is 1.45. The molecule has 2 rings (SSSR count). The third kappa shape index (κ3) is 2.85. The maximum Gasteiger partial charge on any atom is 0.185 e. The van der Waals surface area contributed by atoms with Gasteiger partial charge in [0.05, 0.1) is 0 Å². The summed E-state index contributed by atoms with van der Waals surface area (Å²) < 4.78 is 27.5. The van der Waals surface area contributed by atoms with Crippen LogP contribution in [0.1, 0.15) is 11.6 Å². The molecule has 2 N–H and O–H groups in total. The fourth-order valence-electron chi connectivity index (χ4n) is 1.42. The lowest BCUT2D eigenvalue weighted by atomic mass is 10.1. The summed E-state index contributed by atoms with van der Waals surface area (Å²) in [7, 11) is 1.78. The molecule has 0 aliphatic rings. The van der Waals surface area contributed by atoms with Crippen molar-refractivity contribution in [3.8, 4) is 0 Å². The number of hydrogen-bond donors (Lipinski definition) is 1. The van der Waals surface area contributed by atoms with Gasteiger partial charge in [0.1, 0.15) is 6.33 Å². The van der Waals surface area contributed by atoms with Crippen LogP contribution in [0.15, 0.2) is 29.7 Å². The molecule has 1 unspecified atom stereocenters. The van der Waals surface area contributed by atoms with Crippen molar-refractivity contribution in [2.45, 2.75) is 11.2 Å². The summed E-state index contributed by atoms with van der Waals surface area (Å²) in [5, 5.41) is 4.66. The zero-order valence-electron chi connectivity index (χ0n) is 9.68. The van der Waals surface area contributed by atoms with Crippen LogP contribution in [-0.4, -0.2) is 20.5 Å². The van der Waals surface area contributed by atoms with E-state index in [1.807, 2.05) is 0 Å². The predicted octanol–water partition coefficient (Wildman–Crippen LogP) is 1.89. The molecular formula is C11H12F2N4S. The van der Waals surface area contributed by atoms with E-state index in [0.29, 0.717) is 11.3 Å². The van der Waals surface area contributed by atoms with Gasteiger partial charge in [0.25, 0.3) is 0 Å². The molecule has 1 heterocycles. The summed E-state index contributed by atoms with van der Waals surface area (Å²) in [6.45, 7) is 0. The molecule has 0 fully saturated rings. The van der Waals surface area contributed by atoms with E-state index in [1.165, 1.54) is 24.2 Å². The molecule has 7 heteroatoms. The number of nitrogens with two attached hydrogens (primary N) is 1.